The zero-order valence-electron chi connectivity index (χ0n) is 68.1. The average molecular weight is 1660 g/mol. The number of ether oxygens (including phenoxy) is 8. The molecule has 0 spiro atoms. The Bertz CT molecular complexity index is 4780. The normalized spacial score (nSPS) is 13.0. The Labute approximate surface area is 692 Å². The highest BCUT2D eigenvalue weighted by molar-refractivity contribution is 6.05. The van der Waals surface area contributed by atoms with E-state index in [4.69, 9.17) is 37.9 Å². The van der Waals surface area contributed by atoms with Crippen molar-refractivity contribution in [2.45, 2.75) is 71.1 Å². The Morgan fingerprint density at radius 2 is 0.950 bits per heavy atom. The van der Waals surface area contributed by atoms with Crippen LogP contribution in [0.1, 0.15) is 105 Å². The molecule has 1 atom stereocenters. The van der Waals surface area contributed by atoms with Crippen LogP contribution in [0.5, 0.6) is 0 Å². The molecule has 8 aromatic rings. The third kappa shape index (κ3) is 28.0. The zero-order chi connectivity index (χ0) is 85.3. The fourth-order valence-corrected chi connectivity index (χ4v) is 12.7. The number of aliphatic hydroxyl groups excluding tert-OH is 1. The van der Waals surface area contributed by atoms with E-state index in [1.165, 1.54) is 44.6 Å². The molecule has 10 amide bonds. The number of aliphatic hydroxyl groups is 1. The average Bonchev–Trinajstić information content (AvgIpc) is 1.36. The number of hydrogen-bond acceptors (Lipinski definition) is 25. The predicted molar refractivity (Wildman–Crippen MR) is 439 cm³/mol. The highest BCUT2D eigenvalue weighted by atomic mass is 16.6. The maximum absolute atomic E-state index is 13.3. The quantitative estimate of drug-likeness (QED) is 0.0243. The van der Waals surface area contributed by atoms with Gasteiger partial charge in [-0.05, 0) is 53.6 Å². The van der Waals surface area contributed by atoms with Gasteiger partial charge in [0.25, 0.3) is 23.6 Å². The second-order valence-corrected chi connectivity index (χ2v) is 28.1. The number of nitrogens with one attached hydrogen (secondary N) is 9. The number of nitrogens with zero attached hydrogens (tertiary/aromatic N) is 12. The van der Waals surface area contributed by atoms with E-state index in [1.807, 2.05) is 41.3 Å². The lowest BCUT2D eigenvalue weighted by atomic mass is 9.98. The third-order valence-corrected chi connectivity index (χ3v) is 19.0. The van der Waals surface area contributed by atoms with Gasteiger partial charge < -0.3 is 118 Å². The molecule has 0 unspecified atom stereocenters. The van der Waals surface area contributed by atoms with Gasteiger partial charge in [0, 0.05) is 162 Å². The van der Waals surface area contributed by atoms with Gasteiger partial charge in [-0.2, -0.15) is 0 Å². The van der Waals surface area contributed by atoms with Crippen LogP contribution < -0.4 is 57.7 Å². The second-order valence-electron chi connectivity index (χ2n) is 28.1. The van der Waals surface area contributed by atoms with Gasteiger partial charge in [0.2, 0.25) is 53.0 Å². The van der Waals surface area contributed by atoms with Crippen LogP contribution in [0.15, 0.2) is 104 Å². The molecule has 0 radical (unpaired) electrons. The van der Waals surface area contributed by atoms with Crippen LogP contribution in [0.4, 0.5) is 46.2 Å². The molecule has 1 saturated carbocycles. The number of imidazole rings is 3. The highest BCUT2D eigenvalue weighted by Crippen LogP contribution is 2.46. The van der Waals surface area contributed by atoms with E-state index >= 15 is 0 Å². The van der Waals surface area contributed by atoms with Gasteiger partial charge in [0.1, 0.15) is 11.5 Å². The first-order valence-electron chi connectivity index (χ1n) is 39.4. The second kappa shape index (κ2) is 46.3. The monoisotopic (exact) mass is 1660 g/mol. The van der Waals surface area contributed by atoms with Crippen LogP contribution >= 0.6 is 0 Å². The van der Waals surface area contributed by atoms with Crippen molar-refractivity contribution in [2.75, 3.05) is 174 Å². The van der Waals surface area contributed by atoms with Crippen LogP contribution in [0.2, 0.25) is 0 Å². The van der Waals surface area contributed by atoms with E-state index in [-0.39, 0.29) is 142 Å². The lowest BCUT2D eigenvalue weighted by Gasteiger charge is -2.44. The highest BCUT2D eigenvalue weighted by Gasteiger charge is 2.43. The minimum atomic E-state index is -0.649. The van der Waals surface area contributed by atoms with Crippen molar-refractivity contribution in [3.63, 3.8) is 0 Å². The number of anilines is 8. The molecule has 40 heteroatoms. The van der Waals surface area contributed by atoms with E-state index in [0.29, 0.717) is 123 Å². The number of hydrogen-bond donors (Lipinski definition) is 10. The first kappa shape index (κ1) is 90.2. The van der Waals surface area contributed by atoms with Crippen molar-refractivity contribution < 1.29 is 90.9 Å². The Morgan fingerprint density at radius 1 is 0.442 bits per heavy atom. The van der Waals surface area contributed by atoms with Gasteiger partial charge in [0.05, 0.1) is 148 Å². The molecule has 120 heavy (non-hydrogen) atoms. The van der Waals surface area contributed by atoms with Gasteiger partial charge >= 0.3 is 0 Å². The summed E-state index contributed by atoms with van der Waals surface area (Å²) in [4.78, 5) is 154. The molecule has 7 heterocycles. The minimum absolute atomic E-state index is 0.0100. The summed E-state index contributed by atoms with van der Waals surface area (Å²) in [5.41, 5.74) is 6.13. The summed E-state index contributed by atoms with van der Waals surface area (Å²) < 4.78 is 51.9. The van der Waals surface area contributed by atoms with Gasteiger partial charge in [0.15, 0.2) is 17.5 Å². The first-order chi connectivity index (χ1) is 58.1. The molecule has 0 bridgehead atoms. The topological polar surface area (TPSA) is 469 Å². The fraction of sp³-hybridized carbons (Fsp3) is 0.463. The smallest absolute Gasteiger partial charge is 0.291 e. The number of fused-ring (bicyclic) bond motifs is 1. The summed E-state index contributed by atoms with van der Waals surface area (Å²) in [7, 11) is 8.07. The molecule has 644 valence electrons. The van der Waals surface area contributed by atoms with Crippen molar-refractivity contribution >= 4 is 105 Å². The van der Waals surface area contributed by atoms with Gasteiger partial charge in [-0.1, -0.05) is 30.3 Å². The van der Waals surface area contributed by atoms with Crippen LogP contribution in [0, 0.1) is 5.92 Å². The van der Waals surface area contributed by atoms with Crippen LogP contribution in [0.3, 0.4) is 0 Å². The van der Waals surface area contributed by atoms with Gasteiger partial charge in [-0.3, -0.25) is 53.3 Å². The number of aromatic nitrogens is 10. The molecule has 1 aliphatic carbocycles. The number of carbonyl (C=O) groups is 10. The summed E-state index contributed by atoms with van der Waals surface area (Å²) >= 11 is 0. The van der Waals surface area contributed by atoms with Gasteiger partial charge in [-0.25, -0.2) is 24.9 Å². The third-order valence-electron chi connectivity index (χ3n) is 19.0. The molecular formula is C80H105N21O19. The number of carbonyl (C=O) groups excluding carboxylic acids is 10. The van der Waals surface area contributed by atoms with E-state index in [9.17, 15) is 53.1 Å². The lowest BCUT2D eigenvalue weighted by Crippen LogP contribution is -2.52. The zero-order valence-corrected chi connectivity index (χ0v) is 68.1. The largest absolute Gasteiger partial charge is 0.392 e. The van der Waals surface area contributed by atoms with Crippen LogP contribution in [-0.2, 0) is 115 Å². The standard InChI is InChI=1S/C80H105N21O19/c1-53(103)101-61-14-13-55(41-62(61)100(49-64(101)54-11-12-54)46-56-9-7-8-10-57(56)52-102)58-44-85-80(86-45-58)94-72(108)19-25-113-27-29-115-31-33-117-35-37-119-39-40-120-38-36-118-34-32-116-30-28-114-26-23-81-68(104)17-20-84-77(110)74-91-66(50-98(74)5)90-71(107)18-21-83-76(109)63-42-59(47-96(63)3)87-79(112)75-92-65(51-99(75)6)89-69(105)15-16-70(106)93-67-43-60(48-97(67)4)88-78(111)73-82-22-24-95(73)2/h7-10,13-14,22,24,41-45,47-48,50-51,54,64,102H,11-12,15-21,23,25-40,46,49,52H2,1-6H3,(H,81,104)(H,83,109)(H,84,110)(H,87,112)(H,88,111)(H,89,105)(H,90,107)(H,93,106)(H,85,86,94,108)/t64-/m1/s1. The summed E-state index contributed by atoms with van der Waals surface area (Å²) in [5.74, 6) is -2.98. The van der Waals surface area contributed by atoms with E-state index in [1.54, 1.807) is 82.2 Å². The fourth-order valence-electron chi connectivity index (χ4n) is 12.7. The Hall–Kier alpha value is -12.2. The summed E-state index contributed by atoms with van der Waals surface area (Å²) in [5, 5.41) is 34.1. The first-order valence-corrected chi connectivity index (χ1v) is 39.4. The summed E-state index contributed by atoms with van der Waals surface area (Å²) in [6.45, 7) is 8.61. The molecule has 40 nitrogen and oxygen atoms in total. The Morgan fingerprint density at radius 3 is 1.52 bits per heavy atom. The van der Waals surface area contributed by atoms with Crippen molar-refractivity contribution in [3.05, 3.63) is 138 Å². The summed E-state index contributed by atoms with van der Waals surface area (Å²) in [6.07, 6.45) is 14.2. The molecule has 2 aromatic carbocycles. The summed E-state index contributed by atoms with van der Waals surface area (Å²) in [6, 6.07) is 16.9. The minimum Gasteiger partial charge on any atom is -0.392 e. The number of amides is 10. The molecule has 6 aromatic heterocycles. The maximum Gasteiger partial charge on any atom is 0.291 e. The number of benzene rings is 2. The predicted octanol–water partition coefficient (Wildman–Crippen LogP) is 3.68. The van der Waals surface area contributed by atoms with Crippen molar-refractivity contribution in [2.24, 2.45) is 41.2 Å². The Kier molecular flexibility index (Phi) is 34.8. The Balaban J connectivity index is 0.469. The van der Waals surface area contributed by atoms with Crippen molar-refractivity contribution in [1.29, 1.82) is 0 Å². The van der Waals surface area contributed by atoms with Crippen LogP contribution in [0.25, 0.3) is 11.1 Å². The molecular weight excluding hydrogens is 1560 g/mol. The molecule has 10 rings (SSSR count). The molecule has 1 aliphatic heterocycles. The van der Waals surface area contributed by atoms with Crippen LogP contribution in [-0.4, -0.2) is 250 Å². The number of rotatable bonds is 51. The maximum atomic E-state index is 13.3. The molecule has 10 N–H and O–H groups in total. The van der Waals surface area contributed by atoms with E-state index in [0.717, 1.165) is 46.5 Å². The van der Waals surface area contributed by atoms with E-state index in [2.05, 4.69) is 83.7 Å². The molecule has 0 saturated heterocycles. The molecule has 2 aliphatic rings. The number of aryl methyl sites for hydroxylation is 5. The lowest BCUT2D eigenvalue weighted by molar-refractivity contribution is -0.121. The van der Waals surface area contributed by atoms with Gasteiger partial charge in [-0.15, -0.1) is 0 Å². The van der Waals surface area contributed by atoms with Crippen molar-refractivity contribution in [3.8, 4) is 11.1 Å². The van der Waals surface area contributed by atoms with E-state index < -0.39 is 41.4 Å². The molecule has 1 fully saturated rings. The SMILES string of the molecule is CC(=O)N1c2ccc(-c3cnc(NC(=O)CCOCCOCCOCCOCCOCCOCCOCCOCCNC(=O)CCNC(=O)c4nc(NC(=O)CCNC(=O)c5cc(NC(=O)c6nc(NC(=O)CCC(=O)Nc7cc(NC(=O)c8nccn8C)cn7C)cn6C)cn5C)cn4C)nc3)cc2N(Cc2ccccc2CO)C[C@@H]1C1CC1. The van der Waals surface area contributed by atoms with Crippen molar-refractivity contribution in [1.82, 2.24) is 63.7 Å².